The van der Waals surface area contributed by atoms with Crippen molar-refractivity contribution in [1.29, 1.82) is 0 Å². The quantitative estimate of drug-likeness (QED) is 0.291. The average Bonchev–Trinajstić information content (AvgIpc) is 3.40. The van der Waals surface area contributed by atoms with Crippen molar-refractivity contribution < 1.29 is 4.39 Å². The summed E-state index contributed by atoms with van der Waals surface area (Å²) in [5.41, 5.74) is 5.99. The lowest BCUT2D eigenvalue weighted by Crippen LogP contribution is -2.29. The number of fused-ring (bicyclic) bond motifs is 4. The highest BCUT2D eigenvalue weighted by atomic mass is 19.1. The van der Waals surface area contributed by atoms with E-state index in [0.717, 1.165) is 24.8 Å². The van der Waals surface area contributed by atoms with Crippen molar-refractivity contribution in [3.05, 3.63) is 71.2 Å². The van der Waals surface area contributed by atoms with Gasteiger partial charge in [0.15, 0.2) is 11.5 Å². The second-order valence-corrected chi connectivity index (χ2v) is 9.07. The zero-order valence-electron chi connectivity index (χ0n) is 19.6. The van der Waals surface area contributed by atoms with Gasteiger partial charge in [0.1, 0.15) is 0 Å². The Balaban J connectivity index is 1.57. The fourth-order valence-electron chi connectivity index (χ4n) is 4.67. The summed E-state index contributed by atoms with van der Waals surface area (Å²) in [6.07, 6.45) is 7.46. The number of anilines is 1. The van der Waals surface area contributed by atoms with Crippen LogP contribution in [0, 0.1) is 0 Å². The number of halogens is 1. The Morgan fingerprint density at radius 1 is 1.32 bits per heavy atom. The summed E-state index contributed by atoms with van der Waals surface area (Å²) in [7, 11) is 0. The lowest BCUT2D eigenvalue weighted by atomic mass is 9.91. The molecule has 0 radical (unpaired) electrons. The van der Waals surface area contributed by atoms with Crippen molar-refractivity contribution >= 4 is 34.8 Å². The molecule has 0 fully saturated rings. The molecule has 1 aliphatic carbocycles. The molecule has 2 N–H and O–H groups in total. The van der Waals surface area contributed by atoms with Crippen LogP contribution < -0.4 is 5.32 Å². The standard InChI is InChI=1S/C26H28FN7/c1-15(2)21-14-29-34-25(21)32-24(17(13-28-4)11-16(3)27)33-26(34)30-18-9-10-23-20(12-18)19-7-5-6-8-22(19)31-23/h5-8,11,13-15,18,31H,4,9-10,12H2,1-3H3,(H,30,32,33)/b16-11+,17-13+/t18-/m1/s1. The maximum absolute atomic E-state index is 13.8. The third-order valence-electron chi connectivity index (χ3n) is 6.29. The first kappa shape index (κ1) is 22.0. The molecule has 0 amide bonds. The van der Waals surface area contributed by atoms with Crippen molar-refractivity contribution in [2.45, 2.75) is 52.0 Å². The van der Waals surface area contributed by atoms with E-state index in [1.165, 1.54) is 41.4 Å². The summed E-state index contributed by atoms with van der Waals surface area (Å²) >= 11 is 0. The minimum absolute atomic E-state index is 0.174. The number of aryl methyl sites for hydroxylation is 1. The van der Waals surface area contributed by atoms with Crippen molar-refractivity contribution in [3.63, 3.8) is 0 Å². The molecule has 3 heterocycles. The molecule has 34 heavy (non-hydrogen) atoms. The average molecular weight is 458 g/mol. The van der Waals surface area contributed by atoms with Crippen LogP contribution in [0.4, 0.5) is 10.3 Å². The fraction of sp³-hybridized carbons (Fsp3) is 0.308. The number of H-pyrrole nitrogens is 1. The van der Waals surface area contributed by atoms with Gasteiger partial charge in [0.05, 0.1) is 12.0 Å². The lowest BCUT2D eigenvalue weighted by molar-refractivity contribution is 0.599. The maximum atomic E-state index is 13.8. The molecule has 5 rings (SSSR count). The Bertz CT molecular complexity index is 1440. The van der Waals surface area contributed by atoms with Gasteiger partial charge in [-0.2, -0.15) is 14.6 Å². The van der Waals surface area contributed by atoms with Crippen molar-refractivity contribution in [1.82, 2.24) is 24.6 Å². The summed E-state index contributed by atoms with van der Waals surface area (Å²) in [4.78, 5) is 16.9. The second-order valence-electron chi connectivity index (χ2n) is 9.07. The predicted molar refractivity (Wildman–Crippen MR) is 135 cm³/mol. The first-order valence-electron chi connectivity index (χ1n) is 11.6. The van der Waals surface area contributed by atoms with Crippen LogP contribution in [0.25, 0.3) is 22.1 Å². The van der Waals surface area contributed by atoms with E-state index in [2.05, 4.69) is 65.2 Å². The molecular formula is C26H28FN7. The molecule has 0 saturated heterocycles. The van der Waals surface area contributed by atoms with Crippen molar-refractivity contribution in [3.8, 4) is 0 Å². The van der Waals surface area contributed by atoms with E-state index in [4.69, 9.17) is 9.97 Å². The van der Waals surface area contributed by atoms with E-state index in [-0.39, 0.29) is 17.8 Å². The van der Waals surface area contributed by atoms with Gasteiger partial charge in [-0.05, 0) is 56.5 Å². The molecule has 0 saturated carbocycles. The molecule has 0 bridgehead atoms. The van der Waals surface area contributed by atoms with E-state index < -0.39 is 0 Å². The Morgan fingerprint density at radius 2 is 2.15 bits per heavy atom. The molecule has 1 aliphatic rings. The Kier molecular flexibility index (Phi) is 5.73. The Hall–Kier alpha value is -3.81. The van der Waals surface area contributed by atoms with E-state index in [9.17, 15) is 4.39 Å². The maximum Gasteiger partial charge on any atom is 0.228 e. The number of nitrogens with zero attached hydrogens (tertiary/aromatic N) is 5. The number of allylic oxidation sites excluding steroid dienone is 3. The minimum Gasteiger partial charge on any atom is -0.358 e. The van der Waals surface area contributed by atoms with E-state index in [1.54, 1.807) is 4.52 Å². The van der Waals surface area contributed by atoms with Gasteiger partial charge in [-0.25, -0.2) is 9.37 Å². The number of aromatic amines is 1. The number of aliphatic imine (C=N–C) groups is 1. The zero-order chi connectivity index (χ0) is 23.8. The third kappa shape index (κ3) is 4.00. The molecule has 1 aromatic carbocycles. The molecule has 8 heteroatoms. The largest absolute Gasteiger partial charge is 0.358 e. The van der Waals surface area contributed by atoms with Crippen LogP contribution >= 0.6 is 0 Å². The number of rotatable bonds is 6. The van der Waals surface area contributed by atoms with Gasteiger partial charge in [0, 0.05) is 40.0 Å². The predicted octanol–water partition coefficient (Wildman–Crippen LogP) is 5.61. The fourth-order valence-corrected chi connectivity index (χ4v) is 4.67. The minimum atomic E-state index is -0.357. The smallest absolute Gasteiger partial charge is 0.228 e. The summed E-state index contributed by atoms with van der Waals surface area (Å²) in [6, 6.07) is 8.59. The van der Waals surface area contributed by atoms with Gasteiger partial charge in [0.2, 0.25) is 5.95 Å². The molecule has 4 aromatic rings. The van der Waals surface area contributed by atoms with Gasteiger partial charge >= 0.3 is 0 Å². The summed E-state index contributed by atoms with van der Waals surface area (Å²) < 4.78 is 15.5. The highest BCUT2D eigenvalue weighted by Gasteiger charge is 2.25. The van der Waals surface area contributed by atoms with Crippen LogP contribution in [0.3, 0.4) is 0 Å². The van der Waals surface area contributed by atoms with Gasteiger partial charge in [-0.15, -0.1) is 0 Å². The summed E-state index contributed by atoms with van der Waals surface area (Å²) in [6.45, 7) is 9.09. The van der Waals surface area contributed by atoms with Crippen molar-refractivity contribution in [2.75, 3.05) is 5.32 Å². The summed E-state index contributed by atoms with van der Waals surface area (Å²) in [5, 5.41) is 9.45. The van der Waals surface area contributed by atoms with Crippen molar-refractivity contribution in [2.24, 2.45) is 4.99 Å². The molecule has 7 nitrogen and oxygen atoms in total. The number of para-hydroxylation sites is 1. The van der Waals surface area contributed by atoms with E-state index in [0.29, 0.717) is 23.0 Å². The molecule has 1 atom stereocenters. The van der Waals surface area contributed by atoms with Crippen LogP contribution in [-0.4, -0.2) is 37.3 Å². The Morgan fingerprint density at radius 3 is 2.91 bits per heavy atom. The van der Waals surface area contributed by atoms with Crippen LogP contribution in [0.15, 0.2) is 53.6 Å². The number of aromatic nitrogens is 5. The molecule has 0 aliphatic heterocycles. The van der Waals surface area contributed by atoms with E-state index in [1.807, 2.05) is 6.20 Å². The first-order valence-corrected chi connectivity index (χ1v) is 11.6. The monoisotopic (exact) mass is 457 g/mol. The molecule has 0 unspecified atom stereocenters. The first-order chi connectivity index (χ1) is 16.4. The Labute approximate surface area is 197 Å². The van der Waals surface area contributed by atoms with Gasteiger partial charge < -0.3 is 10.3 Å². The highest BCUT2D eigenvalue weighted by Crippen LogP contribution is 2.31. The lowest BCUT2D eigenvalue weighted by Gasteiger charge is -2.24. The van der Waals surface area contributed by atoms with Crippen LogP contribution in [-0.2, 0) is 12.8 Å². The van der Waals surface area contributed by atoms with Gasteiger partial charge in [-0.3, -0.25) is 4.99 Å². The number of hydrogen-bond donors (Lipinski definition) is 2. The van der Waals surface area contributed by atoms with Crippen LogP contribution in [0.2, 0.25) is 0 Å². The number of hydrogen-bond acceptors (Lipinski definition) is 5. The van der Waals surface area contributed by atoms with E-state index >= 15 is 0 Å². The number of nitrogens with one attached hydrogen (secondary N) is 2. The topological polar surface area (TPSA) is 83.3 Å². The van der Waals surface area contributed by atoms with Gasteiger partial charge in [0.25, 0.3) is 0 Å². The molecule has 174 valence electrons. The second kappa shape index (κ2) is 8.85. The molecular weight excluding hydrogens is 429 g/mol. The normalized spacial score (nSPS) is 16.9. The number of benzene rings is 1. The van der Waals surface area contributed by atoms with Gasteiger partial charge in [-0.1, -0.05) is 32.0 Å². The van der Waals surface area contributed by atoms with Crippen LogP contribution in [0.5, 0.6) is 0 Å². The SMILES string of the molecule is C=N/C=C(\C=C(/C)F)c1nc(N[C@@H]2CCc3[nH]c4ccccc4c3C2)n2ncc(C(C)C)c2n1. The molecule has 0 spiro atoms. The third-order valence-corrected chi connectivity index (χ3v) is 6.29. The molecule has 3 aromatic heterocycles. The summed E-state index contributed by atoms with van der Waals surface area (Å²) in [5.74, 6) is 0.829. The zero-order valence-corrected chi connectivity index (χ0v) is 19.6. The highest BCUT2D eigenvalue weighted by molar-refractivity contribution is 5.85. The van der Waals surface area contributed by atoms with Crippen LogP contribution in [0.1, 0.15) is 55.8 Å².